The summed E-state index contributed by atoms with van der Waals surface area (Å²) in [6, 6.07) is 15.5. The number of aromatic nitrogens is 1. The Labute approximate surface area is 207 Å². The highest BCUT2D eigenvalue weighted by Crippen LogP contribution is 2.30. The number of allylic oxidation sites excluding steroid dienone is 1. The zero-order valence-electron chi connectivity index (χ0n) is 19.5. The van der Waals surface area contributed by atoms with Crippen molar-refractivity contribution in [1.82, 2.24) is 15.6 Å². The fraction of sp³-hybridized carbons (Fsp3) is 0.185. The molecule has 8 nitrogen and oxygen atoms in total. The van der Waals surface area contributed by atoms with E-state index in [1.165, 1.54) is 12.1 Å². The van der Waals surface area contributed by atoms with Crippen LogP contribution < -0.4 is 15.4 Å². The van der Waals surface area contributed by atoms with E-state index in [-0.39, 0.29) is 17.7 Å². The van der Waals surface area contributed by atoms with Crippen LogP contribution in [0.4, 0.5) is 9.18 Å². The van der Waals surface area contributed by atoms with Crippen LogP contribution in [-0.2, 0) is 22.6 Å². The average Bonchev–Trinajstić information content (AvgIpc) is 2.91. The molecule has 1 aliphatic heterocycles. The van der Waals surface area contributed by atoms with Crippen LogP contribution in [0.3, 0.4) is 0 Å². The van der Waals surface area contributed by atoms with Crippen molar-refractivity contribution in [2.45, 2.75) is 25.5 Å². The van der Waals surface area contributed by atoms with Crippen molar-refractivity contribution in [2.75, 3.05) is 7.11 Å². The van der Waals surface area contributed by atoms with Gasteiger partial charge in [-0.2, -0.15) is 5.26 Å². The number of carbonyl (C=O) groups excluding carboxylic acids is 2. The molecule has 1 unspecified atom stereocenters. The van der Waals surface area contributed by atoms with E-state index >= 15 is 0 Å². The van der Waals surface area contributed by atoms with Crippen molar-refractivity contribution >= 4 is 12.0 Å². The lowest BCUT2D eigenvalue weighted by molar-refractivity contribution is -0.140. The summed E-state index contributed by atoms with van der Waals surface area (Å²) in [5.74, 6) is -0.592. The van der Waals surface area contributed by atoms with Gasteiger partial charge in [0.05, 0.1) is 24.3 Å². The molecule has 0 aliphatic carbocycles. The standard InChI is InChI=1S/C27H23FN4O4/c1-35-21-6-2-4-17(13-21)8-10-23-24(25(32-27(34)31-23)19-5-3-11-30-15-19)26(33)36-16-18-7-9-22(28)20(12-18)14-29/h2-7,9,11-13,15,25H,8,10,16H2,1H3,(H2,31,32,34). The van der Waals surface area contributed by atoms with E-state index in [2.05, 4.69) is 15.6 Å². The highest BCUT2D eigenvalue weighted by Gasteiger charge is 2.33. The fourth-order valence-electron chi connectivity index (χ4n) is 3.92. The first kappa shape index (κ1) is 24.4. The number of esters is 1. The summed E-state index contributed by atoms with van der Waals surface area (Å²) in [5.41, 5.74) is 2.58. The van der Waals surface area contributed by atoms with Crippen LogP contribution in [0.25, 0.3) is 0 Å². The molecule has 2 amide bonds. The van der Waals surface area contributed by atoms with Crippen LogP contribution in [0, 0.1) is 17.1 Å². The van der Waals surface area contributed by atoms with E-state index in [1.54, 1.807) is 37.7 Å². The van der Waals surface area contributed by atoms with Gasteiger partial charge in [0, 0.05) is 18.1 Å². The first-order valence-corrected chi connectivity index (χ1v) is 11.2. The molecule has 2 aromatic carbocycles. The van der Waals surface area contributed by atoms with Crippen LogP contribution >= 0.6 is 0 Å². The molecule has 0 spiro atoms. The minimum absolute atomic E-state index is 0.137. The van der Waals surface area contributed by atoms with E-state index in [9.17, 15) is 14.0 Å². The number of carbonyl (C=O) groups is 2. The van der Waals surface area contributed by atoms with Gasteiger partial charge in [-0.3, -0.25) is 4.98 Å². The molecule has 36 heavy (non-hydrogen) atoms. The Kier molecular flexibility index (Phi) is 7.56. The topological polar surface area (TPSA) is 113 Å². The number of urea groups is 1. The number of methoxy groups -OCH3 is 1. The zero-order chi connectivity index (χ0) is 25.5. The fourth-order valence-corrected chi connectivity index (χ4v) is 3.92. The number of halogens is 1. The first-order chi connectivity index (χ1) is 17.5. The molecular formula is C27H23FN4O4. The third kappa shape index (κ3) is 5.67. The molecule has 182 valence electrons. The molecule has 0 bridgehead atoms. The molecule has 1 aliphatic rings. The molecule has 0 fully saturated rings. The summed E-state index contributed by atoms with van der Waals surface area (Å²) < 4.78 is 24.5. The summed E-state index contributed by atoms with van der Waals surface area (Å²) in [5, 5.41) is 14.6. The summed E-state index contributed by atoms with van der Waals surface area (Å²) >= 11 is 0. The zero-order valence-corrected chi connectivity index (χ0v) is 19.5. The van der Waals surface area contributed by atoms with Gasteiger partial charge in [-0.25, -0.2) is 14.0 Å². The number of hydrogen-bond donors (Lipinski definition) is 2. The number of amides is 2. The van der Waals surface area contributed by atoms with Gasteiger partial charge < -0.3 is 20.1 Å². The van der Waals surface area contributed by atoms with Crippen molar-refractivity contribution in [3.05, 3.63) is 106 Å². The summed E-state index contributed by atoms with van der Waals surface area (Å²) in [7, 11) is 1.59. The Bertz CT molecular complexity index is 1350. The monoisotopic (exact) mass is 486 g/mol. The second-order valence-electron chi connectivity index (χ2n) is 8.06. The van der Waals surface area contributed by atoms with Gasteiger partial charge >= 0.3 is 12.0 Å². The van der Waals surface area contributed by atoms with Crippen LogP contribution in [0.15, 0.2) is 78.3 Å². The van der Waals surface area contributed by atoms with Crippen LogP contribution in [0.5, 0.6) is 5.75 Å². The van der Waals surface area contributed by atoms with Gasteiger partial charge in [0.2, 0.25) is 0 Å². The van der Waals surface area contributed by atoms with E-state index in [0.717, 1.165) is 11.6 Å². The van der Waals surface area contributed by atoms with Crippen LogP contribution in [0.2, 0.25) is 0 Å². The lowest BCUT2D eigenvalue weighted by atomic mass is 9.94. The highest BCUT2D eigenvalue weighted by molar-refractivity contribution is 5.95. The highest BCUT2D eigenvalue weighted by atomic mass is 19.1. The SMILES string of the molecule is COc1cccc(CCC2=C(C(=O)OCc3ccc(F)c(C#N)c3)C(c3cccnc3)NC(=O)N2)c1. The van der Waals surface area contributed by atoms with Gasteiger partial charge in [-0.05, 0) is 59.9 Å². The minimum atomic E-state index is -0.775. The number of hydrogen-bond acceptors (Lipinski definition) is 6. The molecule has 0 radical (unpaired) electrons. The molecule has 1 aromatic heterocycles. The minimum Gasteiger partial charge on any atom is -0.497 e. The molecule has 3 aromatic rings. The van der Waals surface area contributed by atoms with Gasteiger partial charge in [-0.1, -0.05) is 24.3 Å². The Morgan fingerprint density at radius 2 is 2.00 bits per heavy atom. The molecule has 9 heteroatoms. The Morgan fingerprint density at radius 3 is 2.75 bits per heavy atom. The van der Waals surface area contributed by atoms with Gasteiger partial charge in [-0.15, -0.1) is 0 Å². The third-order valence-corrected chi connectivity index (χ3v) is 5.71. The predicted molar refractivity (Wildman–Crippen MR) is 128 cm³/mol. The number of pyridine rings is 1. The maximum Gasteiger partial charge on any atom is 0.338 e. The first-order valence-electron chi connectivity index (χ1n) is 11.2. The molecule has 2 N–H and O–H groups in total. The number of rotatable bonds is 8. The number of aryl methyl sites for hydroxylation is 1. The number of nitrogens with one attached hydrogen (secondary N) is 2. The van der Waals surface area contributed by atoms with Crippen LogP contribution in [-0.4, -0.2) is 24.1 Å². The quantitative estimate of drug-likeness (QED) is 0.464. The predicted octanol–water partition coefficient (Wildman–Crippen LogP) is 4.09. The largest absolute Gasteiger partial charge is 0.497 e. The number of nitrogens with zero attached hydrogens (tertiary/aromatic N) is 2. The van der Waals surface area contributed by atoms with Gasteiger partial charge in [0.25, 0.3) is 0 Å². The Morgan fingerprint density at radius 1 is 1.14 bits per heavy atom. The molecular weight excluding hydrogens is 463 g/mol. The summed E-state index contributed by atoms with van der Waals surface area (Å²) in [6.07, 6.45) is 4.06. The normalized spacial score (nSPS) is 14.9. The Hall–Kier alpha value is -4.71. The number of benzene rings is 2. The van der Waals surface area contributed by atoms with E-state index in [0.29, 0.717) is 35.4 Å². The third-order valence-electron chi connectivity index (χ3n) is 5.71. The summed E-state index contributed by atoms with van der Waals surface area (Å²) in [6.45, 7) is -0.172. The van der Waals surface area contributed by atoms with Crippen molar-refractivity contribution in [1.29, 1.82) is 5.26 Å². The molecule has 2 heterocycles. The smallest absolute Gasteiger partial charge is 0.338 e. The number of nitriles is 1. The van der Waals surface area contributed by atoms with Crippen molar-refractivity contribution in [2.24, 2.45) is 0 Å². The van der Waals surface area contributed by atoms with E-state index in [4.69, 9.17) is 14.7 Å². The van der Waals surface area contributed by atoms with Crippen LogP contribution in [0.1, 0.15) is 34.7 Å². The molecule has 0 saturated carbocycles. The van der Waals surface area contributed by atoms with Crippen molar-refractivity contribution in [3.63, 3.8) is 0 Å². The maximum atomic E-state index is 13.7. The van der Waals surface area contributed by atoms with Crippen molar-refractivity contribution in [3.8, 4) is 11.8 Å². The van der Waals surface area contributed by atoms with E-state index < -0.39 is 23.9 Å². The lowest BCUT2D eigenvalue weighted by Crippen LogP contribution is -2.46. The molecule has 1 atom stereocenters. The van der Waals surface area contributed by atoms with Gasteiger partial charge in [0.15, 0.2) is 0 Å². The number of ether oxygens (including phenoxy) is 2. The average molecular weight is 487 g/mol. The maximum absolute atomic E-state index is 13.7. The molecule has 4 rings (SSSR count). The second-order valence-corrected chi connectivity index (χ2v) is 8.06. The van der Waals surface area contributed by atoms with Crippen molar-refractivity contribution < 1.29 is 23.5 Å². The van der Waals surface area contributed by atoms with E-state index in [1.807, 2.05) is 24.3 Å². The lowest BCUT2D eigenvalue weighted by Gasteiger charge is -2.29. The Balaban J connectivity index is 1.63. The molecule has 0 saturated heterocycles. The van der Waals surface area contributed by atoms with Gasteiger partial charge in [0.1, 0.15) is 24.2 Å². The second kappa shape index (κ2) is 11.1. The summed E-state index contributed by atoms with van der Waals surface area (Å²) in [4.78, 5) is 30.0.